The summed E-state index contributed by atoms with van der Waals surface area (Å²) in [6.45, 7) is 1.92. The van der Waals surface area contributed by atoms with Crippen LogP contribution in [0.15, 0.2) is 53.4 Å². The number of carbonyl (C=O) groups excluding carboxylic acids is 2. The number of halogens is 1. The summed E-state index contributed by atoms with van der Waals surface area (Å²) in [6, 6.07) is 11.4. The Morgan fingerprint density at radius 3 is 2.26 bits per heavy atom. The fraction of sp³-hybridized carbons (Fsp3) is 0.158. The van der Waals surface area contributed by atoms with Crippen LogP contribution in [0.2, 0.25) is 0 Å². The summed E-state index contributed by atoms with van der Waals surface area (Å²) in [5.41, 5.74) is 1.71. The number of sulfone groups is 1. The van der Waals surface area contributed by atoms with Crippen LogP contribution in [0.1, 0.15) is 17.5 Å². The van der Waals surface area contributed by atoms with Crippen molar-refractivity contribution in [1.29, 1.82) is 0 Å². The molecule has 5 nitrogen and oxygen atoms in total. The van der Waals surface area contributed by atoms with Crippen LogP contribution in [0.3, 0.4) is 0 Å². The van der Waals surface area contributed by atoms with Gasteiger partial charge in [0, 0.05) is 12.0 Å². The van der Waals surface area contributed by atoms with Crippen molar-refractivity contribution in [2.75, 3.05) is 0 Å². The van der Waals surface area contributed by atoms with Gasteiger partial charge in [-0.2, -0.15) is 0 Å². The van der Waals surface area contributed by atoms with Gasteiger partial charge in [0.2, 0.25) is 13.9 Å². The minimum atomic E-state index is -4.30. The second kappa shape index (κ2) is 7.18. The second-order valence-corrected chi connectivity index (χ2v) is 9.60. The van der Waals surface area contributed by atoms with Gasteiger partial charge in [0.25, 0.3) is 11.1 Å². The Kier molecular flexibility index (Phi) is 5.09. The molecule has 1 unspecified atom stereocenters. The smallest absolute Gasteiger partial charge is 0.285 e. The van der Waals surface area contributed by atoms with Gasteiger partial charge in [-0.25, -0.2) is 12.8 Å². The minimum Gasteiger partial charge on any atom is -0.285 e. The number of hydrogen-bond donors (Lipinski definition) is 1. The van der Waals surface area contributed by atoms with Crippen LogP contribution < -0.4 is 5.32 Å². The molecule has 1 saturated heterocycles. The minimum absolute atomic E-state index is 0.251. The number of aryl methyl sites for hydroxylation is 1. The third-order valence-electron chi connectivity index (χ3n) is 3.98. The van der Waals surface area contributed by atoms with E-state index in [4.69, 9.17) is 0 Å². The monoisotopic (exact) mass is 403 g/mol. The summed E-state index contributed by atoms with van der Waals surface area (Å²) in [4.78, 5) is 23.9. The van der Waals surface area contributed by atoms with E-state index in [1.165, 1.54) is 0 Å². The van der Waals surface area contributed by atoms with Crippen LogP contribution in [0.25, 0.3) is 0 Å². The van der Waals surface area contributed by atoms with Crippen LogP contribution in [-0.2, 0) is 14.6 Å². The van der Waals surface area contributed by atoms with Crippen molar-refractivity contribution in [3.05, 3.63) is 65.5 Å². The molecule has 27 heavy (non-hydrogen) atoms. The fourth-order valence-electron chi connectivity index (χ4n) is 2.50. The SMILES string of the molecule is Cc1ccc(C#CCC2(S(=O)(=O)c3ccc(F)cc3)SC(=O)NC2=O)cc1. The Labute approximate surface area is 160 Å². The number of benzene rings is 2. The molecule has 0 spiro atoms. The molecule has 3 rings (SSSR count). The molecule has 1 fully saturated rings. The lowest BCUT2D eigenvalue weighted by atomic mass is 10.1. The van der Waals surface area contributed by atoms with Crippen LogP contribution in [0.4, 0.5) is 9.18 Å². The maximum absolute atomic E-state index is 13.1. The molecule has 1 N–H and O–H groups in total. The van der Waals surface area contributed by atoms with E-state index in [0.29, 0.717) is 17.3 Å². The van der Waals surface area contributed by atoms with Crippen molar-refractivity contribution in [2.45, 2.75) is 22.3 Å². The number of nitrogens with one attached hydrogen (secondary N) is 1. The van der Waals surface area contributed by atoms with Gasteiger partial charge in [-0.15, -0.1) is 0 Å². The zero-order valence-corrected chi connectivity index (χ0v) is 15.8. The first-order chi connectivity index (χ1) is 12.7. The van der Waals surface area contributed by atoms with E-state index in [1.807, 2.05) is 24.4 Å². The molecule has 1 heterocycles. The number of imide groups is 1. The third kappa shape index (κ3) is 3.61. The summed E-state index contributed by atoms with van der Waals surface area (Å²) < 4.78 is 37.2. The van der Waals surface area contributed by atoms with E-state index in [9.17, 15) is 22.4 Å². The molecule has 1 aliphatic rings. The fourth-order valence-corrected chi connectivity index (χ4v) is 5.62. The molecule has 2 aromatic rings. The summed E-state index contributed by atoms with van der Waals surface area (Å²) >= 11 is 0.381. The first-order valence-corrected chi connectivity index (χ1v) is 10.1. The standard InChI is InChI=1S/C19H14FNO4S2/c1-13-4-6-14(7-5-13)3-2-12-19(17(22)21-18(23)26-19)27(24,25)16-10-8-15(20)9-11-16/h4-11H,12H2,1H3,(H,21,22,23). The summed E-state index contributed by atoms with van der Waals surface area (Å²) in [6.07, 6.45) is -0.386. The zero-order chi connectivity index (χ0) is 19.7. The predicted octanol–water partition coefficient (Wildman–Crippen LogP) is 3.03. The summed E-state index contributed by atoms with van der Waals surface area (Å²) in [5, 5.41) is 1.25. The van der Waals surface area contributed by atoms with Crippen molar-refractivity contribution in [3.63, 3.8) is 0 Å². The quantitative estimate of drug-likeness (QED) is 0.629. The molecule has 0 aliphatic carbocycles. The predicted molar refractivity (Wildman–Crippen MR) is 100 cm³/mol. The van der Waals surface area contributed by atoms with Crippen molar-refractivity contribution >= 4 is 32.7 Å². The van der Waals surface area contributed by atoms with Crippen molar-refractivity contribution in [1.82, 2.24) is 5.32 Å². The van der Waals surface area contributed by atoms with E-state index in [-0.39, 0.29) is 11.3 Å². The van der Waals surface area contributed by atoms with Gasteiger partial charge >= 0.3 is 0 Å². The molecule has 1 atom stereocenters. The Hall–Kier alpha value is -2.63. The van der Waals surface area contributed by atoms with Crippen LogP contribution in [0.5, 0.6) is 0 Å². The lowest BCUT2D eigenvalue weighted by Crippen LogP contribution is -2.43. The first-order valence-electron chi connectivity index (χ1n) is 7.85. The number of thioether (sulfide) groups is 1. The lowest BCUT2D eigenvalue weighted by Gasteiger charge is -2.22. The Balaban J connectivity index is 2.01. The molecule has 0 aromatic heterocycles. The van der Waals surface area contributed by atoms with Gasteiger partial charge in [-0.1, -0.05) is 29.5 Å². The number of amides is 2. The largest absolute Gasteiger partial charge is 0.287 e. The van der Waals surface area contributed by atoms with Gasteiger partial charge in [0.05, 0.1) is 4.90 Å². The first kappa shape index (κ1) is 19.1. The van der Waals surface area contributed by atoms with Gasteiger partial charge in [-0.05, 0) is 55.1 Å². The van der Waals surface area contributed by atoms with Gasteiger partial charge in [-0.3, -0.25) is 14.9 Å². The van der Waals surface area contributed by atoms with Crippen LogP contribution in [0, 0.1) is 24.6 Å². The highest BCUT2D eigenvalue weighted by atomic mass is 32.3. The maximum atomic E-state index is 13.1. The summed E-state index contributed by atoms with van der Waals surface area (Å²) in [7, 11) is -4.30. The highest BCUT2D eigenvalue weighted by Crippen LogP contribution is 2.43. The van der Waals surface area contributed by atoms with Gasteiger partial charge < -0.3 is 0 Å². The molecule has 8 heteroatoms. The normalized spacial score (nSPS) is 19.3. The highest BCUT2D eigenvalue weighted by molar-refractivity contribution is 8.25. The van der Waals surface area contributed by atoms with E-state index in [0.717, 1.165) is 29.8 Å². The van der Waals surface area contributed by atoms with E-state index in [1.54, 1.807) is 12.1 Å². The Morgan fingerprint density at radius 1 is 1.07 bits per heavy atom. The molecule has 0 radical (unpaired) electrons. The number of carbonyl (C=O) groups is 2. The molecule has 0 bridgehead atoms. The Bertz CT molecular complexity index is 1070. The van der Waals surface area contributed by atoms with E-state index < -0.39 is 30.9 Å². The maximum Gasteiger partial charge on any atom is 0.287 e. The topological polar surface area (TPSA) is 80.3 Å². The van der Waals surface area contributed by atoms with Gasteiger partial charge in [0.15, 0.2) is 0 Å². The van der Waals surface area contributed by atoms with Crippen LogP contribution >= 0.6 is 11.8 Å². The molecular weight excluding hydrogens is 389 g/mol. The molecule has 0 saturated carbocycles. The van der Waals surface area contributed by atoms with E-state index >= 15 is 0 Å². The van der Waals surface area contributed by atoms with Crippen molar-refractivity contribution < 1.29 is 22.4 Å². The molecular formula is C19H14FNO4S2. The average Bonchev–Trinajstić information content (AvgIpc) is 2.92. The summed E-state index contributed by atoms with van der Waals surface area (Å²) in [5.74, 6) is 3.96. The van der Waals surface area contributed by atoms with E-state index in [2.05, 4.69) is 11.8 Å². The van der Waals surface area contributed by atoms with Crippen molar-refractivity contribution in [2.24, 2.45) is 0 Å². The molecule has 2 aromatic carbocycles. The van der Waals surface area contributed by atoms with Gasteiger partial charge in [0.1, 0.15) is 5.82 Å². The highest BCUT2D eigenvalue weighted by Gasteiger charge is 2.58. The lowest BCUT2D eigenvalue weighted by molar-refractivity contribution is -0.119. The zero-order valence-electron chi connectivity index (χ0n) is 14.2. The Morgan fingerprint density at radius 2 is 1.70 bits per heavy atom. The molecule has 138 valence electrons. The van der Waals surface area contributed by atoms with Crippen molar-refractivity contribution in [3.8, 4) is 11.8 Å². The van der Waals surface area contributed by atoms with Crippen LogP contribution in [-0.4, -0.2) is 23.6 Å². The molecule has 1 aliphatic heterocycles. The second-order valence-electron chi connectivity index (χ2n) is 5.90. The number of rotatable bonds is 3. The molecule has 2 amide bonds. The average molecular weight is 403 g/mol. The number of hydrogen-bond acceptors (Lipinski definition) is 5. The third-order valence-corrected chi connectivity index (χ3v) is 7.93.